The Morgan fingerprint density at radius 2 is 2.26 bits per heavy atom. The smallest absolute Gasteiger partial charge is 0.293 e. The van der Waals surface area contributed by atoms with Gasteiger partial charge in [-0.15, -0.1) is 11.6 Å². The first-order valence-corrected chi connectivity index (χ1v) is 6.98. The van der Waals surface area contributed by atoms with Gasteiger partial charge in [-0.3, -0.25) is 4.79 Å². The molecule has 19 heavy (non-hydrogen) atoms. The lowest BCUT2D eigenvalue weighted by atomic mass is 10.2. The average Bonchev–Trinajstić information content (AvgIpc) is 2.38. The maximum Gasteiger partial charge on any atom is 0.293 e. The van der Waals surface area contributed by atoms with Gasteiger partial charge in [0.2, 0.25) is 0 Å². The number of methoxy groups -OCH3 is 1. The molecule has 0 saturated carbocycles. The van der Waals surface area contributed by atoms with Crippen LogP contribution in [0.5, 0.6) is 0 Å². The predicted molar refractivity (Wildman–Crippen MR) is 78.0 cm³/mol. The van der Waals surface area contributed by atoms with E-state index in [1.807, 2.05) is 0 Å². The first-order chi connectivity index (χ1) is 9.08. The van der Waals surface area contributed by atoms with E-state index in [2.05, 4.69) is 24.1 Å². The molecule has 0 fully saturated rings. The first-order valence-electron chi connectivity index (χ1n) is 6.45. The van der Waals surface area contributed by atoms with Crippen molar-refractivity contribution in [3.63, 3.8) is 0 Å². The number of ether oxygens (including phenoxy) is 1. The maximum absolute atomic E-state index is 12.2. The summed E-state index contributed by atoms with van der Waals surface area (Å²) in [6.07, 6.45) is 4.08. The van der Waals surface area contributed by atoms with Crippen LogP contribution in [0, 0.1) is 5.92 Å². The van der Waals surface area contributed by atoms with Gasteiger partial charge in [-0.2, -0.15) is 0 Å². The van der Waals surface area contributed by atoms with Crippen LogP contribution in [-0.4, -0.2) is 35.2 Å². The largest absolute Gasteiger partial charge is 0.385 e. The van der Waals surface area contributed by atoms with E-state index in [9.17, 15) is 4.79 Å². The predicted octanol–water partition coefficient (Wildman–Crippen LogP) is 1.96. The number of rotatable bonds is 8. The second kappa shape index (κ2) is 8.17. The minimum absolute atomic E-state index is 0.0169. The zero-order valence-electron chi connectivity index (χ0n) is 11.7. The number of hydrogen-bond donors (Lipinski definition) is 1. The molecule has 1 N–H and O–H groups in total. The summed E-state index contributed by atoms with van der Waals surface area (Å²) >= 11 is 5.87. The molecule has 0 radical (unpaired) electrons. The minimum atomic E-state index is -0.108. The van der Waals surface area contributed by atoms with E-state index in [0.717, 1.165) is 6.42 Å². The second-order valence-electron chi connectivity index (χ2n) is 4.90. The van der Waals surface area contributed by atoms with Gasteiger partial charge in [-0.25, -0.2) is 4.98 Å². The molecular weight excluding hydrogens is 266 g/mol. The summed E-state index contributed by atoms with van der Waals surface area (Å²) in [4.78, 5) is 16.3. The summed E-state index contributed by atoms with van der Waals surface area (Å²) in [5, 5.41) is 3.09. The highest BCUT2D eigenvalue weighted by molar-refractivity contribution is 6.18. The molecule has 0 bridgehead atoms. The molecule has 0 spiro atoms. The number of nitrogens with one attached hydrogen (secondary N) is 1. The van der Waals surface area contributed by atoms with Crippen molar-refractivity contribution in [3.05, 3.63) is 22.7 Å². The van der Waals surface area contributed by atoms with E-state index in [0.29, 0.717) is 30.8 Å². The molecule has 1 aromatic rings. The molecule has 0 aromatic carbocycles. The molecule has 1 unspecified atom stereocenters. The summed E-state index contributed by atoms with van der Waals surface area (Å²) in [5.41, 5.74) is -0.108. The lowest BCUT2D eigenvalue weighted by Gasteiger charge is -2.17. The maximum atomic E-state index is 12.2. The zero-order valence-corrected chi connectivity index (χ0v) is 12.5. The molecule has 108 valence electrons. The van der Waals surface area contributed by atoms with Crippen molar-refractivity contribution in [3.8, 4) is 0 Å². The van der Waals surface area contributed by atoms with Crippen LogP contribution in [0.25, 0.3) is 0 Å². The van der Waals surface area contributed by atoms with E-state index < -0.39 is 0 Å². The molecule has 0 amide bonds. The molecule has 0 aliphatic rings. The Morgan fingerprint density at radius 3 is 2.84 bits per heavy atom. The summed E-state index contributed by atoms with van der Waals surface area (Å²) in [6.45, 7) is 5.41. The first kappa shape index (κ1) is 16.0. The van der Waals surface area contributed by atoms with Gasteiger partial charge in [0.05, 0.1) is 0 Å². The Hall–Kier alpha value is -1.07. The molecule has 6 heteroatoms. The van der Waals surface area contributed by atoms with Crippen LogP contribution in [0.15, 0.2) is 17.2 Å². The SMILES string of the molecule is COCCC(CCl)Nc1nccn(CC(C)C)c1=O. The lowest BCUT2D eigenvalue weighted by molar-refractivity contribution is 0.191. The number of nitrogens with zero attached hydrogens (tertiary/aromatic N) is 2. The topological polar surface area (TPSA) is 56.1 Å². The highest BCUT2D eigenvalue weighted by Gasteiger charge is 2.12. The Kier molecular flexibility index (Phi) is 6.87. The minimum Gasteiger partial charge on any atom is -0.385 e. The van der Waals surface area contributed by atoms with Crippen LogP contribution < -0.4 is 10.9 Å². The van der Waals surface area contributed by atoms with Gasteiger partial charge in [0.15, 0.2) is 5.82 Å². The Bertz CT molecular complexity index is 434. The molecule has 1 rings (SSSR count). The van der Waals surface area contributed by atoms with Crippen molar-refractivity contribution in [1.29, 1.82) is 0 Å². The van der Waals surface area contributed by atoms with Crippen LogP contribution in [0.2, 0.25) is 0 Å². The molecule has 1 aromatic heterocycles. The fraction of sp³-hybridized carbons (Fsp3) is 0.692. The van der Waals surface area contributed by atoms with Crippen LogP contribution in [0.1, 0.15) is 20.3 Å². The third kappa shape index (κ3) is 5.20. The average molecular weight is 288 g/mol. The number of hydrogen-bond acceptors (Lipinski definition) is 4. The van der Waals surface area contributed by atoms with E-state index in [4.69, 9.17) is 16.3 Å². The highest BCUT2D eigenvalue weighted by Crippen LogP contribution is 2.04. The van der Waals surface area contributed by atoms with Crippen LogP contribution in [-0.2, 0) is 11.3 Å². The van der Waals surface area contributed by atoms with Crippen LogP contribution in [0.3, 0.4) is 0 Å². The molecule has 1 atom stereocenters. The van der Waals surface area contributed by atoms with E-state index >= 15 is 0 Å². The van der Waals surface area contributed by atoms with E-state index in [-0.39, 0.29) is 11.6 Å². The number of halogens is 1. The van der Waals surface area contributed by atoms with E-state index in [1.54, 1.807) is 24.1 Å². The highest BCUT2D eigenvalue weighted by atomic mass is 35.5. The van der Waals surface area contributed by atoms with E-state index in [1.165, 1.54) is 0 Å². The van der Waals surface area contributed by atoms with Crippen molar-refractivity contribution in [1.82, 2.24) is 9.55 Å². The van der Waals surface area contributed by atoms with Crippen molar-refractivity contribution in [2.24, 2.45) is 5.92 Å². The summed E-state index contributed by atoms with van der Waals surface area (Å²) < 4.78 is 6.68. The second-order valence-corrected chi connectivity index (χ2v) is 5.21. The fourth-order valence-electron chi connectivity index (χ4n) is 1.72. The quantitative estimate of drug-likeness (QED) is 0.743. The number of alkyl halides is 1. The summed E-state index contributed by atoms with van der Waals surface area (Å²) in [7, 11) is 1.64. The summed E-state index contributed by atoms with van der Waals surface area (Å²) in [6, 6.07) is -0.0169. The molecule has 0 aliphatic heterocycles. The molecule has 0 saturated heterocycles. The fourth-order valence-corrected chi connectivity index (χ4v) is 1.96. The lowest BCUT2D eigenvalue weighted by Crippen LogP contribution is -2.31. The monoisotopic (exact) mass is 287 g/mol. The van der Waals surface area contributed by atoms with Crippen molar-refractivity contribution in [2.75, 3.05) is 24.9 Å². The normalized spacial score (nSPS) is 12.7. The Balaban J connectivity index is 2.80. The van der Waals surface area contributed by atoms with Crippen molar-refractivity contribution in [2.45, 2.75) is 32.9 Å². The molecule has 1 heterocycles. The molecule has 0 aliphatic carbocycles. The van der Waals surface area contributed by atoms with Crippen molar-refractivity contribution < 1.29 is 4.74 Å². The zero-order chi connectivity index (χ0) is 14.3. The number of anilines is 1. The van der Waals surface area contributed by atoms with Crippen LogP contribution in [0.4, 0.5) is 5.82 Å². The molecular formula is C13H22ClN3O2. The standard InChI is InChI=1S/C13H22ClN3O2/c1-10(2)9-17-6-5-15-12(13(17)18)16-11(8-14)4-7-19-3/h5-6,10-11H,4,7-9H2,1-3H3,(H,15,16). The van der Waals surface area contributed by atoms with Crippen molar-refractivity contribution >= 4 is 17.4 Å². The van der Waals surface area contributed by atoms with Gasteiger partial charge in [-0.1, -0.05) is 13.8 Å². The van der Waals surface area contributed by atoms with Gasteiger partial charge >= 0.3 is 0 Å². The van der Waals surface area contributed by atoms with Crippen LogP contribution >= 0.6 is 11.6 Å². The van der Waals surface area contributed by atoms with Gasteiger partial charge in [0.25, 0.3) is 5.56 Å². The summed E-state index contributed by atoms with van der Waals surface area (Å²) in [5.74, 6) is 1.17. The van der Waals surface area contributed by atoms with Gasteiger partial charge in [0, 0.05) is 44.6 Å². The third-order valence-electron chi connectivity index (χ3n) is 2.67. The van der Waals surface area contributed by atoms with Gasteiger partial charge in [0.1, 0.15) is 0 Å². The Morgan fingerprint density at radius 1 is 1.53 bits per heavy atom. The third-order valence-corrected chi connectivity index (χ3v) is 3.05. The molecule has 5 nitrogen and oxygen atoms in total. The van der Waals surface area contributed by atoms with Gasteiger partial charge in [-0.05, 0) is 12.3 Å². The Labute approximate surface area is 118 Å². The van der Waals surface area contributed by atoms with Gasteiger partial charge < -0.3 is 14.6 Å². The number of aromatic nitrogens is 2.